The number of amidine groups is 1. The van der Waals surface area contributed by atoms with E-state index in [1.165, 1.54) is 11.8 Å². The Labute approximate surface area is 179 Å². The zero-order valence-corrected chi connectivity index (χ0v) is 17.4. The maximum Gasteiger partial charge on any atom is 0.271 e. The maximum absolute atomic E-state index is 13.3. The first kappa shape index (κ1) is 19.8. The zero-order chi connectivity index (χ0) is 20.9. The smallest absolute Gasteiger partial charge is 0.271 e. The summed E-state index contributed by atoms with van der Waals surface area (Å²) in [7, 11) is 3.22. The van der Waals surface area contributed by atoms with Crippen LogP contribution in [0, 0.1) is 0 Å². The highest BCUT2D eigenvalue weighted by Crippen LogP contribution is 2.39. The Bertz CT molecular complexity index is 1130. The van der Waals surface area contributed by atoms with Crippen molar-refractivity contribution in [3.63, 3.8) is 0 Å². The summed E-state index contributed by atoms with van der Waals surface area (Å²) in [5.74, 6) is 1.22. The molecule has 0 atom stereocenters. The third kappa shape index (κ3) is 3.95. The first-order valence-electron chi connectivity index (χ1n) is 9.35. The number of ether oxygens (including phenoxy) is 2. The third-order valence-electron chi connectivity index (χ3n) is 4.55. The van der Waals surface area contributed by atoms with E-state index in [2.05, 4.69) is 0 Å². The number of thioether (sulfide) groups is 1. The van der Waals surface area contributed by atoms with Crippen LogP contribution >= 0.6 is 11.8 Å². The van der Waals surface area contributed by atoms with Gasteiger partial charge in [-0.05, 0) is 48.2 Å². The van der Waals surface area contributed by atoms with Gasteiger partial charge in [0.05, 0.1) is 24.8 Å². The topological polar surface area (TPSA) is 51.1 Å². The molecule has 4 rings (SSSR count). The number of benzene rings is 3. The number of carbonyl (C=O) groups excluding carboxylic acids is 1. The third-order valence-corrected chi connectivity index (χ3v) is 5.52. The van der Waals surface area contributed by atoms with E-state index >= 15 is 0 Å². The van der Waals surface area contributed by atoms with Gasteiger partial charge in [-0.3, -0.25) is 9.69 Å². The molecule has 0 unspecified atom stereocenters. The van der Waals surface area contributed by atoms with Crippen LogP contribution in [0.5, 0.6) is 11.5 Å². The van der Waals surface area contributed by atoms with Crippen LogP contribution in [0.3, 0.4) is 0 Å². The van der Waals surface area contributed by atoms with Gasteiger partial charge >= 0.3 is 0 Å². The van der Waals surface area contributed by atoms with Gasteiger partial charge in [0.2, 0.25) is 0 Å². The van der Waals surface area contributed by atoms with Gasteiger partial charge in [0.1, 0.15) is 17.2 Å². The minimum absolute atomic E-state index is 0.134. The maximum atomic E-state index is 13.3. The molecule has 1 aliphatic heterocycles. The second kappa shape index (κ2) is 8.88. The predicted molar refractivity (Wildman–Crippen MR) is 123 cm³/mol. The van der Waals surface area contributed by atoms with E-state index in [4.69, 9.17) is 14.5 Å². The lowest BCUT2D eigenvalue weighted by Gasteiger charge is -2.16. The Hall–Kier alpha value is -3.51. The molecule has 0 aliphatic carbocycles. The van der Waals surface area contributed by atoms with Gasteiger partial charge in [0.15, 0.2) is 5.17 Å². The van der Waals surface area contributed by atoms with Crippen molar-refractivity contribution in [3.05, 3.63) is 89.3 Å². The number of anilines is 1. The molecule has 0 bridgehead atoms. The van der Waals surface area contributed by atoms with Crippen LogP contribution in [-0.2, 0) is 4.79 Å². The van der Waals surface area contributed by atoms with E-state index in [0.717, 1.165) is 11.3 Å². The molecule has 3 aromatic carbocycles. The van der Waals surface area contributed by atoms with Gasteiger partial charge in [0.25, 0.3) is 5.91 Å². The second-order valence-corrected chi connectivity index (χ2v) is 7.40. The second-order valence-electron chi connectivity index (χ2n) is 6.39. The van der Waals surface area contributed by atoms with Crippen molar-refractivity contribution in [2.24, 2.45) is 4.99 Å². The first-order chi connectivity index (χ1) is 14.7. The number of hydrogen-bond acceptors (Lipinski definition) is 5. The molecule has 1 aliphatic rings. The van der Waals surface area contributed by atoms with Crippen LogP contribution in [0.15, 0.2) is 88.8 Å². The van der Waals surface area contributed by atoms with Crippen molar-refractivity contribution < 1.29 is 14.3 Å². The van der Waals surface area contributed by atoms with Crippen molar-refractivity contribution >= 4 is 40.3 Å². The number of aliphatic imine (C=N–C) groups is 1. The normalized spacial score (nSPS) is 16.3. The van der Waals surface area contributed by atoms with Crippen LogP contribution in [-0.4, -0.2) is 25.3 Å². The van der Waals surface area contributed by atoms with E-state index in [0.29, 0.717) is 27.3 Å². The number of hydrogen-bond donors (Lipinski definition) is 0. The Morgan fingerprint density at radius 3 is 2.20 bits per heavy atom. The number of nitrogens with zero attached hydrogens (tertiary/aromatic N) is 2. The lowest BCUT2D eigenvalue weighted by Crippen LogP contribution is -2.28. The standard InChI is InChI=1S/C24H20N2O3S/c1-28-20-14-8-6-10-17(20)16-22-23(27)26(18-11-4-3-5-12-18)24(30-22)25-19-13-7-9-15-21(19)29-2/h3-16H,1-2H3/b22-16+,25-24?. The highest BCUT2D eigenvalue weighted by Gasteiger charge is 2.35. The Kier molecular flexibility index (Phi) is 5.86. The summed E-state index contributed by atoms with van der Waals surface area (Å²) in [4.78, 5) is 20.3. The molecule has 6 heteroatoms. The minimum Gasteiger partial charge on any atom is -0.496 e. The molecule has 1 heterocycles. The van der Waals surface area contributed by atoms with Crippen LogP contribution < -0.4 is 14.4 Å². The summed E-state index contributed by atoms with van der Waals surface area (Å²) in [6.07, 6.45) is 1.84. The fraction of sp³-hybridized carbons (Fsp3) is 0.0833. The van der Waals surface area contributed by atoms with E-state index in [1.54, 1.807) is 19.1 Å². The van der Waals surface area contributed by atoms with E-state index in [-0.39, 0.29) is 5.91 Å². The van der Waals surface area contributed by atoms with Crippen LogP contribution in [0.1, 0.15) is 5.56 Å². The minimum atomic E-state index is -0.134. The van der Waals surface area contributed by atoms with Crippen molar-refractivity contribution in [2.75, 3.05) is 19.1 Å². The van der Waals surface area contributed by atoms with E-state index < -0.39 is 0 Å². The van der Waals surface area contributed by atoms with Crippen molar-refractivity contribution in [1.29, 1.82) is 0 Å². The van der Waals surface area contributed by atoms with Gasteiger partial charge in [-0.25, -0.2) is 4.99 Å². The summed E-state index contributed by atoms with van der Waals surface area (Å²) in [6.45, 7) is 0. The number of para-hydroxylation sites is 4. The van der Waals surface area contributed by atoms with E-state index in [1.807, 2.05) is 84.9 Å². The Morgan fingerprint density at radius 1 is 0.833 bits per heavy atom. The highest BCUT2D eigenvalue weighted by molar-refractivity contribution is 8.19. The molecule has 0 spiro atoms. The summed E-state index contributed by atoms with van der Waals surface area (Å²) in [5.41, 5.74) is 2.25. The Balaban J connectivity index is 1.81. The quantitative estimate of drug-likeness (QED) is 0.515. The fourth-order valence-corrected chi connectivity index (χ4v) is 4.09. The number of methoxy groups -OCH3 is 2. The summed E-state index contributed by atoms with van der Waals surface area (Å²) in [5, 5.41) is 0.567. The Morgan fingerprint density at radius 2 is 1.47 bits per heavy atom. The molecule has 0 radical (unpaired) electrons. The van der Waals surface area contributed by atoms with Crippen LogP contribution in [0.25, 0.3) is 6.08 Å². The fourth-order valence-electron chi connectivity index (χ4n) is 3.11. The van der Waals surface area contributed by atoms with Gasteiger partial charge in [0, 0.05) is 5.56 Å². The molecule has 0 aromatic heterocycles. The highest BCUT2D eigenvalue weighted by atomic mass is 32.2. The zero-order valence-electron chi connectivity index (χ0n) is 16.6. The van der Waals surface area contributed by atoms with Gasteiger partial charge < -0.3 is 9.47 Å². The van der Waals surface area contributed by atoms with Crippen molar-refractivity contribution in [2.45, 2.75) is 0 Å². The van der Waals surface area contributed by atoms with Crippen LogP contribution in [0.4, 0.5) is 11.4 Å². The lowest BCUT2D eigenvalue weighted by molar-refractivity contribution is -0.113. The molecule has 1 saturated heterocycles. The average molecular weight is 417 g/mol. The van der Waals surface area contributed by atoms with Gasteiger partial charge in [-0.2, -0.15) is 0 Å². The van der Waals surface area contributed by atoms with Gasteiger partial charge in [-0.15, -0.1) is 0 Å². The molecule has 150 valence electrons. The SMILES string of the molecule is COc1ccccc1/C=C1/SC(=Nc2ccccc2OC)N(c2ccccc2)C1=O. The largest absolute Gasteiger partial charge is 0.496 e. The molecule has 3 aromatic rings. The molecule has 5 nitrogen and oxygen atoms in total. The monoisotopic (exact) mass is 416 g/mol. The van der Waals surface area contributed by atoms with Crippen molar-refractivity contribution in [1.82, 2.24) is 0 Å². The molecule has 1 fully saturated rings. The predicted octanol–water partition coefficient (Wildman–Crippen LogP) is 5.51. The first-order valence-corrected chi connectivity index (χ1v) is 10.2. The van der Waals surface area contributed by atoms with Crippen LogP contribution in [0.2, 0.25) is 0 Å². The molecule has 30 heavy (non-hydrogen) atoms. The lowest BCUT2D eigenvalue weighted by atomic mass is 10.2. The van der Waals surface area contributed by atoms with E-state index in [9.17, 15) is 4.79 Å². The van der Waals surface area contributed by atoms with Gasteiger partial charge in [-0.1, -0.05) is 48.5 Å². The number of rotatable bonds is 5. The molecular formula is C24H20N2O3S. The average Bonchev–Trinajstić information content (AvgIpc) is 3.09. The van der Waals surface area contributed by atoms with Crippen molar-refractivity contribution in [3.8, 4) is 11.5 Å². The molecule has 0 saturated carbocycles. The summed E-state index contributed by atoms with van der Waals surface area (Å²) >= 11 is 1.33. The summed E-state index contributed by atoms with van der Waals surface area (Å²) in [6, 6.07) is 24.6. The molecule has 0 N–H and O–H groups in total. The molecule has 1 amide bonds. The number of amides is 1. The summed E-state index contributed by atoms with van der Waals surface area (Å²) < 4.78 is 10.9. The molecular weight excluding hydrogens is 396 g/mol. The number of carbonyl (C=O) groups is 1.